The van der Waals surface area contributed by atoms with Crippen molar-refractivity contribution in [2.24, 2.45) is 0 Å². The van der Waals surface area contributed by atoms with Crippen LogP contribution < -0.4 is 11.1 Å². The minimum atomic E-state index is -0.146. The van der Waals surface area contributed by atoms with Crippen molar-refractivity contribution in [2.75, 3.05) is 5.73 Å². The van der Waals surface area contributed by atoms with E-state index in [0.29, 0.717) is 11.4 Å². The average Bonchev–Trinajstić information content (AvgIpc) is 2.28. The van der Waals surface area contributed by atoms with Gasteiger partial charge in [-0.1, -0.05) is 20.3 Å². The highest BCUT2D eigenvalue weighted by molar-refractivity contribution is 5.93. The molecule has 4 heteroatoms. The number of carbonyl (C=O) groups is 1. The van der Waals surface area contributed by atoms with E-state index in [2.05, 4.69) is 24.1 Å². The van der Waals surface area contributed by atoms with E-state index in [1.165, 1.54) is 0 Å². The zero-order valence-electron chi connectivity index (χ0n) is 9.86. The predicted molar refractivity (Wildman–Crippen MR) is 65.1 cm³/mol. The van der Waals surface area contributed by atoms with Gasteiger partial charge >= 0.3 is 0 Å². The number of nitrogens with zero attached hydrogens (tertiary/aromatic N) is 1. The number of rotatable bonds is 5. The van der Waals surface area contributed by atoms with Gasteiger partial charge < -0.3 is 11.1 Å². The number of pyridine rings is 1. The third kappa shape index (κ3) is 3.53. The fraction of sp³-hybridized carbons (Fsp3) is 0.500. The first-order valence-corrected chi connectivity index (χ1v) is 5.69. The van der Waals surface area contributed by atoms with Crippen LogP contribution in [-0.4, -0.2) is 16.9 Å². The number of hydrogen-bond acceptors (Lipinski definition) is 3. The molecule has 0 aromatic carbocycles. The monoisotopic (exact) mass is 221 g/mol. The van der Waals surface area contributed by atoms with Crippen LogP contribution in [0.2, 0.25) is 0 Å². The normalized spacial score (nSPS) is 12.1. The highest BCUT2D eigenvalue weighted by atomic mass is 16.1. The lowest BCUT2D eigenvalue weighted by Gasteiger charge is -2.15. The molecule has 16 heavy (non-hydrogen) atoms. The lowest BCUT2D eigenvalue weighted by molar-refractivity contribution is 0.0928. The van der Waals surface area contributed by atoms with E-state index in [9.17, 15) is 4.79 Å². The van der Waals surface area contributed by atoms with Gasteiger partial charge in [-0.3, -0.25) is 9.78 Å². The van der Waals surface area contributed by atoms with E-state index in [0.717, 1.165) is 19.3 Å². The molecule has 0 aliphatic rings. The number of carbonyl (C=O) groups excluding carboxylic acids is 1. The van der Waals surface area contributed by atoms with Crippen LogP contribution in [0.25, 0.3) is 0 Å². The Balaban J connectivity index is 2.64. The Morgan fingerprint density at radius 3 is 2.88 bits per heavy atom. The van der Waals surface area contributed by atoms with Gasteiger partial charge in [-0.15, -0.1) is 0 Å². The van der Waals surface area contributed by atoms with Gasteiger partial charge in [0.25, 0.3) is 5.91 Å². The SMILES string of the molecule is CCCC(CC)NC(=O)c1cc(N)ccn1. The van der Waals surface area contributed by atoms with Crippen molar-refractivity contribution >= 4 is 11.6 Å². The second kappa shape index (κ2) is 6.10. The molecule has 0 bridgehead atoms. The maximum atomic E-state index is 11.8. The molecule has 0 aliphatic heterocycles. The molecule has 3 N–H and O–H groups in total. The highest BCUT2D eigenvalue weighted by Crippen LogP contribution is 2.05. The minimum Gasteiger partial charge on any atom is -0.399 e. The molecule has 1 atom stereocenters. The third-order valence-corrected chi connectivity index (χ3v) is 2.48. The van der Waals surface area contributed by atoms with Gasteiger partial charge in [0.2, 0.25) is 0 Å². The molecule has 0 spiro atoms. The van der Waals surface area contributed by atoms with Gasteiger partial charge in [0.05, 0.1) is 0 Å². The summed E-state index contributed by atoms with van der Waals surface area (Å²) in [5, 5.41) is 2.95. The molecule has 1 rings (SSSR count). The number of anilines is 1. The van der Waals surface area contributed by atoms with Gasteiger partial charge in [0.15, 0.2) is 0 Å². The van der Waals surface area contributed by atoms with Crippen LogP contribution >= 0.6 is 0 Å². The predicted octanol–water partition coefficient (Wildman–Crippen LogP) is 1.97. The van der Waals surface area contributed by atoms with Crippen molar-refractivity contribution in [1.29, 1.82) is 0 Å². The quantitative estimate of drug-likeness (QED) is 0.798. The molecule has 1 aromatic rings. The zero-order valence-corrected chi connectivity index (χ0v) is 9.86. The lowest BCUT2D eigenvalue weighted by atomic mass is 10.1. The molecule has 1 unspecified atom stereocenters. The summed E-state index contributed by atoms with van der Waals surface area (Å²) < 4.78 is 0. The van der Waals surface area contributed by atoms with Crippen LogP contribution in [0.4, 0.5) is 5.69 Å². The maximum Gasteiger partial charge on any atom is 0.270 e. The first kappa shape index (κ1) is 12.5. The van der Waals surface area contributed by atoms with Crippen LogP contribution in [0, 0.1) is 0 Å². The van der Waals surface area contributed by atoms with E-state index in [1.54, 1.807) is 18.3 Å². The Hall–Kier alpha value is -1.58. The number of nitrogens with two attached hydrogens (primary N) is 1. The second-order valence-corrected chi connectivity index (χ2v) is 3.84. The van der Waals surface area contributed by atoms with Gasteiger partial charge in [0, 0.05) is 17.9 Å². The molecule has 0 saturated carbocycles. The summed E-state index contributed by atoms with van der Waals surface area (Å²) in [5.74, 6) is -0.146. The fourth-order valence-electron chi connectivity index (χ4n) is 1.56. The molecule has 0 radical (unpaired) electrons. The van der Waals surface area contributed by atoms with E-state index >= 15 is 0 Å². The number of hydrogen-bond donors (Lipinski definition) is 2. The number of aromatic nitrogens is 1. The highest BCUT2D eigenvalue weighted by Gasteiger charge is 2.12. The molecule has 0 aliphatic carbocycles. The molecule has 0 saturated heterocycles. The summed E-state index contributed by atoms with van der Waals surface area (Å²) in [6, 6.07) is 3.48. The third-order valence-electron chi connectivity index (χ3n) is 2.48. The summed E-state index contributed by atoms with van der Waals surface area (Å²) >= 11 is 0. The largest absolute Gasteiger partial charge is 0.399 e. The molecule has 1 heterocycles. The van der Waals surface area contributed by atoms with E-state index in [1.807, 2.05) is 0 Å². The molecule has 1 aromatic heterocycles. The first-order chi connectivity index (χ1) is 7.67. The first-order valence-electron chi connectivity index (χ1n) is 5.69. The smallest absolute Gasteiger partial charge is 0.270 e. The summed E-state index contributed by atoms with van der Waals surface area (Å²) in [4.78, 5) is 15.8. The Morgan fingerprint density at radius 2 is 2.31 bits per heavy atom. The van der Waals surface area contributed by atoms with Gasteiger partial charge in [-0.25, -0.2) is 0 Å². The Morgan fingerprint density at radius 1 is 1.56 bits per heavy atom. The van der Waals surface area contributed by atoms with Gasteiger partial charge in [-0.2, -0.15) is 0 Å². The molecule has 1 amide bonds. The molecular formula is C12H19N3O. The molecular weight excluding hydrogens is 202 g/mol. The standard InChI is InChI=1S/C12H19N3O/c1-3-5-10(4-2)15-12(16)11-8-9(13)6-7-14-11/h6-8,10H,3-5H2,1-2H3,(H2,13,14)(H,15,16). The Kier molecular flexibility index (Phi) is 4.76. The van der Waals surface area contributed by atoms with Crippen molar-refractivity contribution in [1.82, 2.24) is 10.3 Å². The summed E-state index contributed by atoms with van der Waals surface area (Å²) in [6.07, 6.45) is 4.53. The number of nitrogens with one attached hydrogen (secondary N) is 1. The van der Waals surface area contributed by atoms with Crippen molar-refractivity contribution in [3.8, 4) is 0 Å². The van der Waals surface area contributed by atoms with Crippen molar-refractivity contribution in [3.05, 3.63) is 24.0 Å². The maximum absolute atomic E-state index is 11.8. The van der Waals surface area contributed by atoms with E-state index < -0.39 is 0 Å². The molecule has 88 valence electrons. The zero-order chi connectivity index (χ0) is 12.0. The minimum absolute atomic E-state index is 0.146. The summed E-state index contributed by atoms with van der Waals surface area (Å²) in [5.41, 5.74) is 6.54. The number of amides is 1. The molecule has 0 fully saturated rings. The van der Waals surface area contributed by atoms with Crippen LogP contribution in [-0.2, 0) is 0 Å². The van der Waals surface area contributed by atoms with Crippen LogP contribution in [0.1, 0.15) is 43.6 Å². The second-order valence-electron chi connectivity index (χ2n) is 3.84. The summed E-state index contributed by atoms with van der Waals surface area (Å²) in [7, 11) is 0. The number of nitrogen functional groups attached to an aromatic ring is 1. The lowest BCUT2D eigenvalue weighted by Crippen LogP contribution is -2.34. The Bertz CT molecular complexity index is 352. The summed E-state index contributed by atoms with van der Waals surface area (Å²) in [6.45, 7) is 4.17. The van der Waals surface area contributed by atoms with E-state index in [4.69, 9.17) is 5.73 Å². The van der Waals surface area contributed by atoms with Gasteiger partial charge in [-0.05, 0) is 25.0 Å². The van der Waals surface area contributed by atoms with Crippen molar-refractivity contribution in [3.63, 3.8) is 0 Å². The van der Waals surface area contributed by atoms with Crippen LogP contribution in [0.15, 0.2) is 18.3 Å². The Labute approximate surface area is 96.3 Å². The average molecular weight is 221 g/mol. The molecule has 4 nitrogen and oxygen atoms in total. The topological polar surface area (TPSA) is 68.0 Å². The van der Waals surface area contributed by atoms with Crippen molar-refractivity contribution in [2.45, 2.75) is 39.2 Å². The van der Waals surface area contributed by atoms with Gasteiger partial charge in [0.1, 0.15) is 5.69 Å². The van der Waals surface area contributed by atoms with Crippen LogP contribution in [0.5, 0.6) is 0 Å². The van der Waals surface area contributed by atoms with Crippen molar-refractivity contribution < 1.29 is 4.79 Å². The fourth-order valence-corrected chi connectivity index (χ4v) is 1.56. The van der Waals surface area contributed by atoms with Crippen LogP contribution in [0.3, 0.4) is 0 Å². The van der Waals surface area contributed by atoms with E-state index in [-0.39, 0.29) is 11.9 Å².